The van der Waals surface area contributed by atoms with Gasteiger partial charge in [0.25, 0.3) is 5.56 Å². The molecule has 1 heterocycles. The zero-order chi connectivity index (χ0) is 13.9. The number of aromatic nitrogens is 2. The van der Waals surface area contributed by atoms with Crippen molar-refractivity contribution < 1.29 is 9.53 Å². The van der Waals surface area contributed by atoms with Crippen LogP contribution in [0.5, 0.6) is 0 Å². The molecule has 0 bridgehead atoms. The molecule has 0 aliphatic rings. The first kappa shape index (κ1) is 13.9. The lowest BCUT2D eigenvalue weighted by molar-refractivity contribution is -0.148. The Morgan fingerprint density at radius 2 is 2.11 bits per heavy atom. The smallest absolute Gasteiger partial charge is 0.328 e. The van der Waals surface area contributed by atoms with Gasteiger partial charge in [0.2, 0.25) is 0 Å². The normalized spacial score (nSPS) is 10.2. The fourth-order valence-electron chi connectivity index (χ4n) is 1.43. The summed E-state index contributed by atoms with van der Waals surface area (Å²) in [4.78, 5) is 23.3. The highest BCUT2D eigenvalue weighted by Crippen LogP contribution is 2.04. The van der Waals surface area contributed by atoms with Gasteiger partial charge in [-0.05, 0) is 33.3 Å². The minimum absolute atomic E-state index is 0.0137. The molecule has 6 nitrogen and oxygen atoms in total. The van der Waals surface area contributed by atoms with Gasteiger partial charge < -0.3 is 4.74 Å². The van der Waals surface area contributed by atoms with Crippen molar-refractivity contribution in [1.29, 1.82) is 5.26 Å². The molecule has 0 spiro atoms. The molecule has 96 valence electrons. The van der Waals surface area contributed by atoms with Crippen molar-refractivity contribution in [1.82, 2.24) is 9.78 Å². The van der Waals surface area contributed by atoms with Crippen LogP contribution in [0.1, 0.15) is 30.7 Å². The molecular weight excluding hydrogens is 234 g/mol. The van der Waals surface area contributed by atoms with E-state index in [1.165, 1.54) is 0 Å². The molecule has 0 radical (unpaired) electrons. The van der Waals surface area contributed by atoms with Crippen molar-refractivity contribution in [2.45, 2.75) is 40.3 Å². The topological polar surface area (TPSA) is 85.0 Å². The number of aryl methyl sites for hydroxylation is 1. The number of nitrogens with zero attached hydrogens (tertiary/aromatic N) is 3. The molecule has 18 heavy (non-hydrogen) atoms. The van der Waals surface area contributed by atoms with Crippen molar-refractivity contribution in [3.63, 3.8) is 0 Å². The second kappa shape index (κ2) is 5.45. The Morgan fingerprint density at radius 1 is 1.50 bits per heavy atom. The summed E-state index contributed by atoms with van der Waals surface area (Å²) in [6, 6.07) is 1.83. The molecular formula is C12H15N3O3. The van der Waals surface area contributed by atoms with Gasteiger partial charge in [-0.15, -0.1) is 0 Å². The van der Waals surface area contributed by atoms with Gasteiger partial charge in [0, 0.05) is 0 Å². The summed E-state index contributed by atoms with van der Waals surface area (Å²) in [5, 5.41) is 12.9. The predicted molar refractivity (Wildman–Crippen MR) is 63.9 cm³/mol. The molecule has 0 saturated heterocycles. The summed E-state index contributed by atoms with van der Waals surface area (Å²) in [6.45, 7) is 6.48. The number of hydrogen-bond donors (Lipinski definition) is 0. The SMILES string of the molecule is Cc1nn(CC(=O)OC(C)C)c(=O)c(C#N)c1C. The van der Waals surface area contributed by atoms with Gasteiger partial charge in [-0.25, -0.2) is 4.68 Å². The van der Waals surface area contributed by atoms with E-state index < -0.39 is 11.5 Å². The first-order valence-electron chi connectivity index (χ1n) is 5.54. The van der Waals surface area contributed by atoms with Crippen LogP contribution in [-0.4, -0.2) is 21.9 Å². The molecule has 1 rings (SSSR count). The first-order chi connectivity index (χ1) is 8.36. The van der Waals surface area contributed by atoms with Crippen LogP contribution in [-0.2, 0) is 16.1 Å². The maximum Gasteiger partial charge on any atom is 0.328 e. The molecule has 1 aromatic rings. The number of nitriles is 1. The number of carbonyl (C=O) groups excluding carboxylic acids is 1. The molecule has 0 saturated carbocycles. The van der Waals surface area contributed by atoms with E-state index in [0.717, 1.165) is 4.68 Å². The summed E-state index contributed by atoms with van der Waals surface area (Å²) >= 11 is 0. The molecule has 0 atom stereocenters. The fraction of sp³-hybridized carbons (Fsp3) is 0.500. The van der Waals surface area contributed by atoms with Crippen LogP contribution in [0.15, 0.2) is 4.79 Å². The third-order valence-corrected chi connectivity index (χ3v) is 2.39. The molecule has 0 aromatic carbocycles. The summed E-state index contributed by atoms with van der Waals surface area (Å²) in [6.07, 6.45) is -0.254. The average Bonchev–Trinajstić information content (AvgIpc) is 2.25. The summed E-state index contributed by atoms with van der Waals surface area (Å²) in [7, 11) is 0. The fourth-order valence-corrected chi connectivity index (χ4v) is 1.43. The molecule has 0 aliphatic carbocycles. The Kier molecular flexibility index (Phi) is 4.21. The summed E-state index contributed by atoms with van der Waals surface area (Å²) in [5.41, 5.74) is 0.528. The minimum Gasteiger partial charge on any atom is -0.462 e. The maximum atomic E-state index is 11.9. The number of hydrogen-bond acceptors (Lipinski definition) is 5. The van der Waals surface area contributed by atoms with Crippen LogP contribution in [0.4, 0.5) is 0 Å². The summed E-state index contributed by atoms with van der Waals surface area (Å²) in [5.74, 6) is -0.549. The van der Waals surface area contributed by atoms with Gasteiger partial charge in [0.05, 0.1) is 11.8 Å². The van der Waals surface area contributed by atoms with E-state index in [1.807, 2.05) is 6.07 Å². The van der Waals surface area contributed by atoms with Gasteiger partial charge in [-0.1, -0.05) is 0 Å². The zero-order valence-corrected chi connectivity index (χ0v) is 10.9. The van der Waals surface area contributed by atoms with E-state index >= 15 is 0 Å². The van der Waals surface area contributed by atoms with Crippen molar-refractivity contribution in [3.8, 4) is 6.07 Å². The van der Waals surface area contributed by atoms with Crippen LogP contribution in [0.25, 0.3) is 0 Å². The number of ether oxygens (including phenoxy) is 1. The lowest BCUT2D eigenvalue weighted by atomic mass is 10.1. The monoisotopic (exact) mass is 249 g/mol. The van der Waals surface area contributed by atoms with Crippen LogP contribution in [0.2, 0.25) is 0 Å². The second-order valence-electron chi connectivity index (χ2n) is 4.20. The van der Waals surface area contributed by atoms with Crippen molar-refractivity contribution in [2.75, 3.05) is 0 Å². The highest BCUT2D eigenvalue weighted by atomic mass is 16.5. The standard InChI is InChI=1S/C12H15N3O3/c1-7(2)18-11(16)6-15-12(17)10(5-13)8(3)9(4)14-15/h7H,6H2,1-4H3. The second-order valence-corrected chi connectivity index (χ2v) is 4.20. The molecule has 6 heteroatoms. The zero-order valence-electron chi connectivity index (χ0n) is 10.9. The Morgan fingerprint density at radius 3 is 2.61 bits per heavy atom. The lowest BCUT2D eigenvalue weighted by Crippen LogP contribution is -2.31. The van der Waals surface area contributed by atoms with Crippen molar-refractivity contribution >= 4 is 5.97 Å². The van der Waals surface area contributed by atoms with Gasteiger partial charge in [0.15, 0.2) is 0 Å². The maximum absolute atomic E-state index is 11.9. The molecule has 0 unspecified atom stereocenters. The Labute approximate surface area is 105 Å². The van der Waals surface area contributed by atoms with Crippen molar-refractivity contribution in [2.24, 2.45) is 0 Å². The predicted octanol–water partition coefficient (Wildman–Crippen LogP) is 0.683. The largest absolute Gasteiger partial charge is 0.462 e. The minimum atomic E-state index is -0.568. The van der Waals surface area contributed by atoms with E-state index in [-0.39, 0.29) is 18.2 Å². The lowest BCUT2D eigenvalue weighted by Gasteiger charge is -2.10. The number of rotatable bonds is 3. The van der Waals surface area contributed by atoms with Crippen molar-refractivity contribution in [3.05, 3.63) is 27.2 Å². The number of carbonyl (C=O) groups is 1. The van der Waals surface area contributed by atoms with E-state index in [2.05, 4.69) is 5.10 Å². The van der Waals surface area contributed by atoms with E-state index in [0.29, 0.717) is 11.3 Å². The van der Waals surface area contributed by atoms with E-state index in [4.69, 9.17) is 10.00 Å². The Balaban J connectivity index is 3.13. The quantitative estimate of drug-likeness (QED) is 0.735. The summed E-state index contributed by atoms with van der Waals surface area (Å²) < 4.78 is 5.90. The van der Waals surface area contributed by atoms with Gasteiger partial charge in [0.1, 0.15) is 18.2 Å². The third-order valence-electron chi connectivity index (χ3n) is 2.39. The van der Waals surface area contributed by atoms with Crippen LogP contribution < -0.4 is 5.56 Å². The first-order valence-corrected chi connectivity index (χ1v) is 5.54. The van der Waals surface area contributed by atoms with Gasteiger partial charge in [-0.2, -0.15) is 10.4 Å². The molecule has 0 N–H and O–H groups in total. The van der Waals surface area contributed by atoms with Gasteiger partial charge in [-0.3, -0.25) is 9.59 Å². The number of esters is 1. The van der Waals surface area contributed by atoms with E-state index in [9.17, 15) is 9.59 Å². The molecule has 0 amide bonds. The highest BCUT2D eigenvalue weighted by Gasteiger charge is 2.14. The van der Waals surface area contributed by atoms with E-state index in [1.54, 1.807) is 27.7 Å². The third kappa shape index (κ3) is 2.94. The Hall–Kier alpha value is -2.16. The van der Waals surface area contributed by atoms with Gasteiger partial charge >= 0.3 is 5.97 Å². The van der Waals surface area contributed by atoms with Crippen LogP contribution in [0, 0.1) is 25.2 Å². The van der Waals surface area contributed by atoms with Crippen LogP contribution in [0.3, 0.4) is 0 Å². The Bertz CT molecular complexity index is 567. The molecule has 0 fully saturated rings. The molecule has 1 aromatic heterocycles. The van der Waals surface area contributed by atoms with Crippen LogP contribution >= 0.6 is 0 Å². The average molecular weight is 249 g/mol. The highest BCUT2D eigenvalue weighted by molar-refractivity contribution is 5.69. The molecule has 0 aliphatic heterocycles.